The molecule has 0 amide bonds. The van der Waals surface area contributed by atoms with Gasteiger partial charge in [-0.25, -0.2) is 4.99 Å². The summed E-state index contributed by atoms with van der Waals surface area (Å²) in [6, 6.07) is 13.1. The summed E-state index contributed by atoms with van der Waals surface area (Å²) < 4.78 is 6.29. The van der Waals surface area contributed by atoms with Crippen molar-refractivity contribution in [2.75, 3.05) is 26.2 Å². The fraction of sp³-hybridized carbons (Fsp3) is 0.345. The first-order chi connectivity index (χ1) is 17.0. The van der Waals surface area contributed by atoms with E-state index in [0.29, 0.717) is 46.3 Å². The van der Waals surface area contributed by atoms with Crippen molar-refractivity contribution in [3.63, 3.8) is 0 Å². The van der Waals surface area contributed by atoms with Crippen molar-refractivity contribution in [3.8, 4) is 5.75 Å². The smallest absolute Gasteiger partial charge is 0.246 e. The summed E-state index contributed by atoms with van der Waals surface area (Å²) in [5, 5.41) is 3.50. The lowest BCUT2D eigenvalue weighted by Gasteiger charge is -2.33. The maximum absolute atomic E-state index is 13.8. The zero-order chi connectivity index (χ0) is 24.1. The van der Waals surface area contributed by atoms with Gasteiger partial charge in [0.05, 0.1) is 0 Å². The van der Waals surface area contributed by atoms with Crippen LogP contribution in [0.4, 0.5) is 5.69 Å². The average molecular weight is 469 g/mol. The molecule has 2 N–H and O–H groups in total. The molecule has 0 bridgehead atoms. The number of hydrogen-bond donors (Lipinski definition) is 2. The summed E-state index contributed by atoms with van der Waals surface area (Å²) in [7, 11) is 0. The minimum atomic E-state index is -0.718. The van der Waals surface area contributed by atoms with E-state index in [2.05, 4.69) is 22.1 Å². The SMILES string of the molecule is Cc1ccc2c(c1)OC1=CC(NCCN3CCC[C@@H](C)C3)=C3C(=O)c4ccccc4C(=O)C3C1=[NH+]2. The number of rotatable bonds is 4. The van der Waals surface area contributed by atoms with E-state index in [1.165, 1.54) is 12.8 Å². The summed E-state index contributed by atoms with van der Waals surface area (Å²) in [5.41, 5.74) is 4.66. The number of carbonyl (C=O) groups is 2. The van der Waals surface area contributed by atoms with Gasteiger partial charge < -0.3 is 15.0 Å². The van der Waals surface area contributed by atoms with Crippen LogP contribution in [-0.2, 0) is 0 Å². The van der Waals surface area contributed by atoms with Gasteiger partial charge in [-0.15, -0.1) is 0 Å². The van der Waals surface area contributed by atoms with Gasteiger partial charge >= 0.3 is 0 Å². The molecule has 0 aromatic heterocycles. The Labute approximate surface area is 205 Å². The molecular weight excluding hydrogens is 438 g/mol. The maximum Gasteiger partial charge on any atom is 0.246 e. The van der Waals surface area contributed by atoms with Gasteiger partial charge in [-0.05, 0) is 43.9 Å². The Kier molecular flexibility index (Phi) is 5.41. The molecule has 6 rings (SSSR count). The van der Waals surface area contributed by atoms with E-state index in [1.54, 1.807) is 12.1 Å². The van der Waals surface area contributed by atoms with Crippen LogP contribution in [0.5, 0.6) is 5.75 Å². The van der Waals surface area contributed by atoms with Crippen molar-refractivity contribution in [2.24, 2.45) is 11.8 Å². The Bertz CT molecular complexity index is 1340. The molecule has 1 saturated heterocycles. The van der Waals surface area contributed by atoms with E-state index in [9.17, 15) is 9.59 Å². The fourth-order valence-electron chi connectivity index (χ4n) is 5.72. The number of ether oxygens (including phenoxy) is 1. The second kappa shape index (κ2) is 8.61. The van der Waals surface area contributed by atoms with Crippen LogP contribution in [0, 0.1) is 18.8 Å². The molecule has 2 aromatic carbocycles. The lowest BCUT2D eigenvalue weighted by atomic mass is 9.72. The van der Waals surface area contributed by atoms with Gasteiger partial charge in [-0.3, -0.25) is 9.59 Å². The molecule has 6 heteroatoms. The Balaban J connectivity index is 1.39. The van der Waals surface area contributed by atoms with E-state index in [0.717, 1.165) is 36.6 Å². The van der Waals surface area contributed by atoms with Crippen molar-refractivity contribution < 1.29 is 19.3 Å². The van der Waals surface area contributed by atoms with Crippen molar-refractivity contribution in [1.82, 2.24) is 10.2 Å². The van der Waals surface area contributed by atoms with E-state index in [4.69, 9.17) is 4.74 Å². The normalized spacial score (nSPS) is 23.4. The van der Waals surface area contributed by atoms with Crippen molar-refractivity contribution in [3.05, 3.63) is 82.3 Å². The number of nitrogens with one attached hydrogen (secondary N) is 2. The average Bonchev–Trinajstić information content (AvgIpc) is 2.85. The highest BCUT2D eigenvalue weighted by Crippen LogP contribution is 2.38. The number of fused-ring (bicyclic) bond motifs is 5. The standard InChI is InChI=1S/C29H29N3O3/c1-17-9-10-21-23(14-17)35-24-15-22(30-11-13-32-12-5-6-18(2)16-32)25-26(27(24)31-21)29(34)20-8-4-3-7-19(20)28(25)33/h3-4,7-10,14-15,18,26,30H,5-6,11-13,16H2,1-2H3/p+1/t18-,26?/m1/s1. The number of piperidine rings is 1. The minimum absolute atomic E-state index is 0.0772. The molecule has 178 valence electrons. The van der Waals surface area contributed by atoms with Crippen LogP contribution in [0.1, 0.15) is 46.0 Å². The molecule has 4 aliphatic rings. The fourth-order valence-corrected chi connectivity index (χ4v) is 5.72. The largest absolute Gasteiger partial charge is 0.444 e. The number of allylic oxidation sites excluding steroid dienone is 3. The minimum Gasteiger partial charge on any atom is -0.444 e. The molecule has 0 radical (unpaired) electrons. The summed E-state index contributed by atoms with van der Waals surface area (Å²) >= 11 is 0. The quantitative estimate of drug-likeness (QED) is 0.722. The Hall–Kier alpha value is -3.51. The van der Waals surface area contributed by atoms with Gasteiger partial charge in [-0.2, -0.15) is 0 Å². The first-order valence-corrected chi connectivity index (χ1v) is 12.5. The highest BCUT2D eigenvalue weighted by molar-refractivity contribution is 6.32. The highest BCUT2D eigenvalue weighted by atomic mass is 16.5. The summed E-state index contributed by atoms with van der Waals surface area (Å²) in [5.74, 6) is 1.13. The third-order valence-corrected chi connectivity index (χ3v) is 7.46. The molecule has 0 saturated carbocycles. The molecule has 2 aliphatic carbocycles. The Morgan fingerprint density at radius 2 is 1.97 bits per heavy atom. The molecule has 0 spiro atoms. The number of nitrogens with zero attached hydrogens (tertiary/aromatic N) is 1. The van der Waals surface area contributed by atoms with Crippen LogP contribution in [0.25, 0.3) is 0 Å². The second-order valence-corrected chi connectivity index (χ2v) is 10.1. The van der Waals surface area contributed by atoms with E-state index in [-0.39, 0.29) is 11.6 Å². The number of ketones is 2. The third kappa shape index (κ3) is 3.82. The van der Waals surface area contributed by atoms with Crippen molar-refractivity contribution in [1.29, 1.82) is 0 Å². The van der Waals surface area contributed by atoms with Crippen LogP contribution in [0.3, 0.4) is 0 Å². The summed E-state index contributed by atoms with van der Waals surface area (Å²) in [4.78, 5) is 33.4. The molecule has 2 atom stereocenters. The first-order valence-electron chi connectivity index (χ1n) is 12.5. The van der Waals surface area contributed by atoms with Crippen LogP contribution in [0.2, 0.25) is 0 Å². The molecule has 35 heavy (non-hydrogen) atoms. The molecule has 1 unspecified atom stereocenters. The number of aryl methyl sites for hydroxylation is 1. The third-order valence-electron chi connectivity index (χ3n) is 7.46. The van der Waals surface area contributed by atoms with Gasteiger partial charge in [0.15, 0.2) is 23.1 Å². The van der Waals surface area contributed by atoms with Crippen LogP contribution in [0.15, 0.2) is 65.6 Å². The second-order valence-electron chi connectivity index (χ2n) is 10.1. The van der Waals surface area contributed by atoms with Gasteiger partial charge in [0.2, 0.25) is 11.4 Å². The lowest BCUT2D eigenvalue weighted by molar-refractivity contribution is -0.361. The number of Topliss-reactive ketones (excluding diaryl/α,β-unsaturated/α-hetero) is 2. The topological polar surface area (TPSA) is 72.6 Å². The van der Waals surface area contributed by atoms with Crippen molar-refractivity contribution in [2.45, 2.75) is 26.7 Å². The molecule has 2 heterocycles. The molecular formula is C29H30N3O3+. The summed E-state index contributed by atoms with van der Waals surface area (Å²) in [6.45, 7) is 8.12. The van der Waals surface area contributed by atoms with E-state index < -0.39 is 5.92 Å². The maximum atomic E-state index is 13.8. The first kappa shape index (κ1) is 22.0. The predicted molar refractivity (Wildman–Crippen MR) is 134 cm³/mol. The molecule has 2 aromatic rings. The van der Waals surface area contributed by atoms with Crippen molar-refractivity contribution >= 4 is 23.0 Å². The number of benzene rings is 2. The molecule has 1 fully saturated rings. The summed E-state index contributed by atoms with van der Waals surface area (Å²) in [6.07, 6.45) is 4.39. The Morgan fingerprint density at radius 1 is 1.14 bits per heavy atom. The number of carbonyl (C=O) groups excluding carboxylic acids is 2. The predicted octanol–water partition coefficient (Wildman–Crippen LogP) is 2.71. The van der Waals surface area contributed by atoms with Gasteiger partial charge in [0.1, 0.15) is 5.92 Å². The Morgan fingerprint density at radius 3 is 2.80 bits per heavy atom. The van der Waals surface area contributed by atoms with Gasteiger partial charge in [0.25, 0.3) is 0 Å². The monoisotopic (exact) mass is 468 g/mol. The zero-order valence-electron chi connectivity index (χ0n) is 20.2. The van der Waals surface area contributed by atoms with E-state index in [1.807, 2.05) is 43.3 Å². The number of likely N-dealkylation sites (tertiary alicyclic amines) is 1. The van der Waals surface area contributed by atoms with Gasteiger partial charge in [0, 0.05) is 54.2 Å². The van der Waals surface area contributed by atoms with Crippen LogP contribution < -0.4 is 15.0 Å². The van der Waals surface area contributed by atoms with E-state index >= 15 is 0 Å². The number of hydrogen-bond acceptors (Lipinski definition) is 5. The lowest BCUT2D eigenvalue weighted by Crippen LogP contribution is -2.72. The highest BCUT2D eigenvalue weighted by Gasteiger charge is 2.49. The van der Waals surface area contributed by atoms with Gasteiger partial charge in [-0.1, -0.05) is 37.3 Å². The van der Waals surface area contributed by atoms with Crippen LogP contribution in [-0.4, -0.2) is 48.4 Å². The van der Waals surface area contributed by atoms with Crippen LogP contribution >= 0.6 is 0 Å². The zero-order valence-corrected chi connectivity index (χ0v) is 20.2. The molecule has 2 aliphatic heterocycles. The molecule has 6 nitrogen and oxygen atoms in total.